The lowest BCUT2D eigenvalue weighted by atomic mass is 10.3. The van der Waals surface area contributed by atoms with Crippen molar-refractivity contribution in [3.05, 3.63) is 53.3 Å². The Morgan fingerprint density at radius 1 is 1.39 bits per heavy atom. The van der Waals surface area contributed by atoms with Gasteiger partial charge in [0.25, 0.3) is 0 Å². The third kappa shape index (κ3) is 4.32. The Labute approximate surface area is 111 Å². The quantitative estimate of drug-likeness (QED) is 0.624. The van der Waals surface area contributed by atoms with Crippen molar-refractivity contribution in [2.75, 3.05) is 6.54 Å². The van der Waals surface area contributed by atoms with Crippen molar-refractivity contribution >= 4 is 11.8 Å². The van der Waals surface area contributed by atoms with E-state index in [1.54, 1.807) is 18.5 Å². The monoisotopic (exact) mass is 256 g/mol. The van der Waals surface area contributed by atoms with E-state index in [0.29, 0.717) is 17.3 Å². The molecular weight excluding hydrogens is 244 g/mol. The number of nitrogens with zero attached hydrogens (tertiary/aromatic N) is 3. The van der Waals surface area contributed by atoms with Crippen LogP contribution in [-0.2, 0) is 5.75 Å². The molecule has 0 aromatic carbocycles. The van der Waals surface area contributed by atoms with Crippen LogP contribution < -0.4 is 5.32 Å². The number of rotatable bonds is 6. The summed E-state index contributed by atoms with van der Waals surface area (Å²) in [6.07, 6.45) is 5.11. The van der Waals surface area contributed by atoms with Crippen LogP contribution in [0.15, 0.2) is 47.8 Å². The lowest BCUT2D eigenvalue weighted by Gasteiger charge is -2.08. The van der Waals surface area contributed by atoms with Crippen LogP contribution in [0.3, 0.4) is 0 Å². The van der Waals surface area contributed by atoms with E-state index in [-0.39, 0.29) is 5.57 Å². The first kappa shape index (κ1) is 13.8. The van der Waals surface area contributed by atoms with Gasteiger partial charge in [0.2, 0.25) is 0 Å². The predicted octanol–water partition coefficient (Wildman–Crippen LogP) is 2.35. The molecule has 0 radical (unpaired) electrons. The van der Waals surface area contributed by atoms with Crippen LogP contribution in [0, 0.1) is 22.7 Å². The second kappa shape index (κ2) is 7.94. The fourth-order valence-electron chi connectivity index (χ4n) is 1.14. The molecule has 0 unspecified atom stereocenters. The highest BCUT2D eigenvalue weighted by molar-refractivity contribution is 8.02. The van der Waals surface area contributed by atoms with Crippen LogP contribution in [0.4, 0.5) is 0 Å². The summed E-state index contributed by atoms with van der Waals surface area (Å²) >= 11 is 1.42. The summed E-state index contributed by atoms with van der Waals surface area (Å²) in [5.41, 5.74) is 1.18. The zero-order valence-corrected chi connectivity index (χ0v) is 10.6. The maximum atomic E-state index is 8.87. The van der Waals surface area contributed by atoms with E-state index in [1.165, 1.54) is 11.8 Å². The molecule has 1 aromatic heterocycles. The first-order valence-electron chi connectivity index (χ1n) is 5.22. The fourth-order valence-corrected chi connectivity index (χ4v) is 2.06. The molecule has 5 heteroatoms. The fraction of sp³-hybridized carbons (Fsp3) is 0.154. The van der Waals surface area contributed by atoms with Crippen molar-refractivity contribution in [2.24, 2.45) is 0 Å². The molecule has 0 atom stereocenters. The number of thioether (sulfide) groups is 1. The highest BCUT2D eigenvalue weighted by atomic mass is 32.2. The molecule has 18 heavy (non-hydrogen) atoms. The van der Waals surface area contributed by atoms with Crippen LogP contribution in [0.25, 0.3) is 0 Å². The second-order valence-corrected chi connectivity index (χ2v) is 4.23. The molecule has 0 aliphatic carbocycles. The number of aromatic nitrogens is 1. The Bertz CT molecular complexity index is 492. The minimum Gasteiger partial charge on any atom is -0.375 e. The molecule has 0 fully saturated rings. The summed E-state index contributed by atoms with van der Waals surface area (Å²) in [5, 5.41) is 21.3. The largest absolute Gasteiger partial charge is 0.375 e. The average molecular weight is 256 g/mol. The molecule has 0 spiro atoms. The molecule has 90 valence electrons. The third-order valence-corrected chi connectivity index (χ3v) is 3.10. The standard InChI is InChI=1S/C13H12N4S/c1-2-5-17-13(12(8-14)9-15)18-10-11-3-6-16-7-4-11/h2-4,6-7,17H,1,5,10H2. The molecule has 0 aliphatic heterocycles. The van der Waals surface area contributed by atoms with Crippen LogP contribution in [0.1, 0.15) is 5.56 Å². The van der Waals surface area contributed by atoms with E-state index in [1.807, 2.05) is 24.3 Å². The number of hydrogen-bond acceptors (Lipinski definition) is 5. The van der Waals surface area contributed by atoms with Gasteiger partial charge < -0.3 is 5.32 Å². The summed E-state index contributed by atoms with van der Waals surface area (Å²) in [7, 11) is 0. The van der Waals surface area contributed by atoms with Gasteiger partial charge >= 0.3 is 0 Å². The minimum absolute atomic E-state index is 0.0934. The highest BCUT2D eigenvalue weighted by Gasteiger charge is 2.06. The van der Waals surface area contributed by atoms with Gasteiger partial charge in [-0.25, -0.2) is 0 Å². The Kier molecular flexibility index (Phi) is 6.10. The second-order valence-electron chi connectivity index (χ2n) is 3.24. The van der Waals surface area contributed by atoms with Crippen LogP contribution >= 0.6 is 11.8 Å². The molecule has 1 N–H and O–H groups in total. The number of nitrogens with one attached hydrogen (secondary N) is 1. The maximum Gasteiger partial charge on any atom is 0.159 e. The Morgan fingerprint density at radius 2 is 2.06 bits per heavy atom. The number of allylic oxidation sites excluding steroid dienone is 1. The first-order chi connectivity index (χ1) is 8.81. The Balaban J connectivity index is 2.75. The van der Waals surface area contributed by atoms with Crippen LogP contribution in [0.2, 0.25) is 0 Å². The maximum absolute atomic E-state index is 8.87. The van der Waals surface area contributed by atoms with Gasteiger partial charge in [0.1, 0.15) is 12.1 Å². The normalized spacial score (nSPS) is 8.78. The van der Waals surface area contributed by atoms with Crippen molar-refractivity contribution in [1.82, 2.24) is 10.3 Å². The molecule has 1 rings (SSSR count). The lowest BCUT2D eigenvalue weighted by Crippen LogP contribution is -2.12. The van der Waals surface area contributed by atoms with Crippen molar-refractivity contribution in [3.8, 4) is 12.1 Å². The molecule has 1 heterocycles. The summed E-state index contributed by atoms with van der Waals surface area (Å²) < 4.78 is 0. The summed E-state index contributed by atoms with van der Waals surface area (Å²) in [6, 6.07) is 7.57. The van der Waals surface area contributed by atoms with Gasteiger partial charge in [-0.3, -0.25) is 4.98 Å². The van der Waals surface area contributed by atoms with E-state index in [2.05, 4.69) is 16.9 Å². The first-order valence-corrected chi connectivity index (χ1v) is 6.21. The topological polar surface area (TPSA) is 72.5 Å². The molecular formula is C13H12N4S. The third-order valence-electron chi connectivity index (χ3n) is 1.99. The molecule has 0 saturated carbocycles. The molecule has 0 bridgehead atoms. The zero-order valence-electron chi connectivity index (χ0n) is 9.76. The van der Waals surface area contributed by atoms with E-state index in [0.717, 1.165) is 5.56 Å². The molecule has 1 aromatic rings. The molecule has 4 nitrogen and oxygen atoms in total. The summed E-state index contributed by atoms with van der Waals surface area (Å²) in [5.74, 6) is 0.675. The SMILES string of the molecule is C=CCNC(SCc1ccncc1)=C(C#N)C#N. The smallest absolute Gasteiger partial charge is 0.159 e. The van der Waals surface area contributed by atoms with Crippen molar-refractivity contribution in [3.63, 3.8) is 0 Å². The molecule has 0 aliphatic rings. The van der Waals surface area contributed by atoms with Gasteiger partial charge in [0.15, 0.2) is 5.57 Å². The Morgan fingerprint density at radius 3 is 2.61 bits per heavy atom. The van der Waals surface area contributed by atoms with Gasteiger partial charge in [-0.1, -0.05) is 6.08 Å². The lowest BCUT2D eigenvalue weighted by molar-refractivity contribution is 0.963. The summed E-state index contributed by atoms with van der Waals surface area (Å²) in [6.45, 7) is 4.11. The van der Waals surface area contributed by atoms with E-state index < -0.39 is 0 Å². The Hall–Kier alpha value is -2.24. The number of nitriles is 2. The van der Waals surface area contributed by atoms with Gasteiger partial charge in [-0.15, -0.1) is 18.3 Å². The van der Waals surface area contributed by atoms with E-state index in [9.17, 15) is 0 Å². The number of pyridine rings is 1. The molecule has 0 saturated heterocycles. The summed E-state index contributed by atoms with van der Waals surface area (Å²) in [4.78, 5) is 3.93. The van der Waals surface area contributed by atoms with Crippen molar-refractivity contribution in [1.29, 1.82) is 10.5 Å². The average Bonchev–Trinajstić information content (AvgIpc) is 2.43. The number of hydrogen-bond donors (Lipinski definition) is 1. The van der Waals surface area contributed by atoms with Crippen molar-refractivity contribution < 1.29 is 0 Å². The van der Waals surface area contributed by atoms with Gasteiger partial charge in [-0.2, -0.15) is 10.5 Å². The van der Waals surface area contributed by atoms with Gasteiger partial charge in [0, 0.05) is 24.7 Å². The van der Waals surface area contributed by atoms with Gasteiger partial charge in [0.05, 0.1) is 5.03 Å². The van der Waals surface area contributed by atoms with E-state index >= 15 is 0 Å². The van der Waals surface area contributed by atoms with Crippen molar-refractivity contribution in [2.45, 2.75) is 5.75 Å². The van der Waals surface area contributed by atoms with Crippen LogP contribution in [-0.4, -0.2) is 11.5 Å². The predicted molar refractivity (Wildman–Crippen MR) is 72.0 cm³/mol. The van der Waals surface area contributed by atoms with Crippen LogP contribution in [0.5, 0.6) is 0 Å². The minimum atomic E-state index is 0.0934. The highest BCUT2D eigenvalue weighted by Crippen LogP contribution is 2.21. The zero-order chi connectivity index (χ0) is 13.2. The van der Waals surface area contributed by atoms with E-state index in [4.69, 9.17) is 10.5 Å². The molecule has 0 amide bonds. The van der Waals surface area contributed by atoms with Gasteiger partial charge in [-0.05, 0) is 17.7 Å².